The molecule has 2 N–H and O–H groups in total. The zero-order valence-electron chi connectivity index (χ0n) is 17.3. The van der Waals surface area contributed by atoms with E-state index in [1.165, 1.54) is 18.4 Å². The Bertz CT molecular complexity index is 890. The Balaban J connectivity index is 1.41. The van der Waals surface area contributed by atoms with Crippen molar-refractivity contribution in [3.05, 3.63) is 65.7 Å². The van der Waals surface area contributed by atoms with Crippen molar-refractivity contribution in [2.75, 3.05) is 25.6 Å². The van der Waals surface area contributed by atoms with Crippen molar-refractivity contribution in [3.8, 4) is 11.5 Å². The molecule has 30 heavy (non-hydrogen) atoms. The molecule has 0 fully saturated rings. The lowest BCUT2D eigenvalue weighted by atomic mass is 9.97. The number of benzene rings is 2. The Kier molecular flexibility index (Phi) is 7.89. The van der Waals surface area contributed by atoms with Gasteiger partial charge in [-0.3, -0.25) is 9.59 Å². The van der Waals surface area contributed by atoms with Crippen LogP contribution in [0, 0.1) is 0 Å². The molecule has 0 aromatic heterocycles. The predicted molar refractivity (Wildman–Crippen MR) is 117 cm³/mol. The molecule has 0 saturated carbocycles. The van der Waals surface area contributed by atoms with Gasteiger partial charge in [-0.1, -0.05) is 17.7 Å². The highest BCUT2D eigenvalue weighted by molar-refractivity contribution is 5.94. The first-order chi connectivity index (χ1) is 14.6. The molecule has 2 amide bonds. The van der Waals surface area contributed by atoms with Gasteiger partial charge in [0, 0.05) is 23.9 Å². The highest BCUT2D eigenvalue weighted by Crippen LogP contribution is 2.20. The molecular weight excluding hydrogens is 380 g/mol. The number of allylic oxidation sites excluding steroid dienone is 1. The molecule has 0 aliphatic heterocycles. The zero-order chi connectivity index (χ0) is 21.2. The Labute approximate surface area is 177 Å². The van der Waals surface area contributed by atoms with Crippen LogP contribution in [-0.2, 0) is 4.79 Å². The molecule has 158 valence electrons. The summed E-state index contributed by atoms with van der Waals surface area (Å²) < 4.78 is 10.6. The maximum absolute atomic E-state index is 12.3. The second kappa shape index (κ2) is 11.0. The number of ether oxygens (including phenoxy) is 2. The van der Waals surface area contributed by atoms with Crippen LogP contribution >= 0.6 is 0 Å². The molecule has 0 unspecified atom stereocenters. The van der Waals surface area contributed by atoms with Crippen molar-refractivity contribution >= 4 is 17.5 Å². The molecule has 6 nitrogen and oxygen atoms in total. The van der Waals surface area contributed by atoms with Gasteiger partial charge >= 0.3 is 0 Å². The van der Waals surface area contributed by atoms with Crippen LogP contribution in [0.2, 0.25) is 0 Å². The van der Waals surface area contributed by atoms with E-state index < -0.39 is 0 Å². The van der Waals surface area contributed by atoms with Crippen molar-refractivity contribution in [2.45, 2.75) is 32.1 Å². The third kappa shape index (κ3) is 6.65. The maximum atomic E-state index is 12.3. The normalized spacial score (nSPS) is 13.2. The average molecular weight is 408 g/mol. The van der Waals surface area contributed by atoms with Crippen LogP contribution in [-0.4, -0.2) is 32.1 Å². The fourth-order valence-electron chi connectivity index (χ4n) is 3.32. The van der Waals surface area contributed by atoms with E-state index >= 15 is 0 Å². The van der Waals surface area contributed by atoms with Gasteiger partial charge in [-0.05, 0) is 68.5 Å². The molecule has 0 saturated heterocycles. The summed E-state index contributed by atoms with van der Waals surface area (Å²) in [7, 11) is 1.57. The number of carbonyl (C=O) groups excluding carboxylic acids is 2. The quantitative estimate of drug-likeness (QED) is 0.606. The minimum Gasteiger partial charge on any atom is -0.497 e. The van der Waals surface area contributed by atoms with Crippen LogP contribution in [0.5, 0.6) is 11.5 Å². The summed E-state index contributed by atoms with van der Waals surface area (Å²) in [5.74, 6) is 0.813. The van der Waals surface area contributed by atoms with Gasteiger partial charge in [0.1, 0.15) is 11.5 Å². The second-order valence-corrected chi connectivity index (χ2v) is 7.21. The number of rotatable bonds is 9. The highest BCUT2D eigenvalue weighted by atomic mass is 16.5. The summed E-state index contributed by atoms with van der Waals surface area (Å²) in [6.07, 6.45) is 8.03. The summed E-state index contributed by atoms with van der Waals surface area (Å²) in [5, 5.41) is 5.71. The lowest BCUT2D eigenvalue weighted by Crippen LogP contribution is -2.24. The largest absolute Gasteiger partial charge is 0.497 e. The first kappa shape index (κ1) is 21.4. The standard InChI is InChI=1S/C24H28N2O4/c1-29-22-9-5-8-20(16-22)26-23(27)17-30-21-12-10-19(11-13-21)24(28)25-15-14-18-6-3-2-4-7-18/h5-6,8-13,16H,2-4,7,14-15,17H2,1H3,(H,25,28)(H,26,27). The van der Waals surface area contributed by atoms with Crippen LogP contribution in [0.4, 0.5) is 5.69 Å². The first-order valence-electron chi connectivity index (χ1n) is 10.3. The topological polar surface area (TPSA) is 76.7 Å². The third-order valence-corrected chi connectivity index (χ3v) is 4.96. The van der Waals surface area contributed by atoms with Crippen LogP contribution in [0.25, 0.3) is 0 Å². The van der Waals surface area contributed by atoms with Gasteiger partial charge in [0.2, 0.25) is 0 Å². The van der Waals surface area contributed by atoms with Gasteiger partial charge in [0.05, 0.1) is 7.11 Å². The molecule has 2 aromatic rings. The van der Waals surface area contributed by atoms with Crippen molar-refractivity contribution in [1.29, 1.82) is 0 Å². The van der Waals surface area contributed by atoms with Crippen LogP contribution in [0.15, 0.2) is 60.2 Å². The first-order valence-corrected chi connectivity index (χ1v) is 10.3. The minimum absolute atomic E-state index is 0.103. The fourth-order valence-corrected chi connectivity index (χ4v) is 3.32. The Morgan fingerprint density at radius 2 is 1.87 bits per heavy atom. The molecule has 6 heteroatoms. The summed E-state index contributed by atoms with van der Waals surface area (Å²) in [4.78, 5) is 24.3. The number of hydrogen-bond acceptors (Lipinski definition) is 4. The number of anilines is 1. The highest BCUT2D eigenvalue weighted by Gasteiger charge is 2.09. The molecule has 1 aliphatic carbocycles. The van der Waals surface area contributed by atoms with E-state index in [9.17, 15) is 9.59 Å². The van der Waals surface area contributed by atoms with E-state index in [-0.39, 0.29) is 18.4 Å². The molecule has 2 aromatic carbocycles. The van der Waals surface area contributed by atoms with Crippen molar-refractivity contribution in [2.24, 2.45) is 0 Å². The maximum Gasteiger partial charge on any atom is 0.262 e. The fraction of sp³-hybridized carbons (Fsp3) is 0.333. The second-order valence-electron chi connectivity index (χ2n) is 7.21. The molecule has 0 spiro atoms. The van der Waals surface area contributed by atoms with Crippen molar-refractivity contribution in [1.82, 2.24) is 5.32 Å². The van der Waals surface area contributed by atoms with E-state index in [0.29, 0.717) is 29.3 Å². The predicted octanol–water partition coefficient (Wildman–Crippen LogP) is 4.33. The Morgan fingerprint density at radius 1 is 1.03 bits per heavy atom. The summed E-state index contributed by atoms with van der Waals surface area (Å²) in [5.41, 5.74) is 2.65. The molecule has 0 atom stereocenters. The zero-order valence-corrected chi connectivity index (χ0v) is 17.3. The molecule has 0 radical (unpaired) electrons. The summed E-state index contributed by atoms with van der Waals surface area (Å²) >= 11 is 0. The monoisotopic (exact) mass is 408 g/mol. The Morgan fingerprint density at radius 3 is 2.60 bits per heavy atom. The van der Waals surface area contributed by atoms with Gasteiger partial charge in [-0.15, -0.1) is 0 Å². The number of amides is 2. The number of carbonyl (C=O) groups is 2. The summed E-state index contributed by atoms with van der Waals surface area (Å²) in [6, 6.07) is 13.9. The van der Waals surface area contributed by atoms with Gasteiger partial charge < -0.3 is 20.1 Å². The van der Waals surface area contributed by atoms with Crippen molar-refractivity contribution in [3.63, 3.8) is 0 Å². The van der Waals surface area contributed by atoms with Crippen LogP contribution in [0.1, 0.15) is 42.5 Å². The third-order valence-electron chi connectivity index (χ3n) is 4.96. The van der Waals surface area contributed by atoms with E-state index in [2.05, 4.69) is 16.7 Å². The smallest absolute Gasteiger partial charge is 0.262 e. The van der Waals surface area contributed by atoms with Gasteiger partial charge in [-0.2, -0.15) is 0 Å². The number of nitrogens with one attached hydrogen (secondary N) is 2. The number of hydrogen-bond donors (Lipinski definition) is 2. The van der Waals surface area contributed by atoms with E-state index in [0.717, 1.165) is 19.3 Å². The van der Waals surface area contributed by atoms with Gasteiger partial charge in [0.15, 0.2) is 6.61 Å². The van der Waals surface area contributed by atoms with E-state index in [1.54, 1.807) is 55.6 Å². The molecule has 1 aliphatic rings. The molecule has 3 rings (SSSR count). The van der Waals surface area contributed by atoms with Gasteiger partial charge in [0.25, 0.3) is 11.8 Å². The van der Waals surface area contributed by atoms with Gasteiger partial charge in [-0.25, -0.2) is 0 Å². The lowest BCUT2D eigenvalue weighted by Gasteiger charge is -2.13. The summed E-state index contributed by atoms with van der Waals surface area (Å²) in [6.45, 7) is 0.519. The average Bonchev–Trinajstić information content (AvgIpc) is 2.79. The molecular formula is C24H28N2O4. The van der Waals surface area contributed by atoms with E-state index in [1.807, 2.05) is 0 Å². The molecule has 0 bridgehead atoms. The number of methoxy groups -OCH3 is 1. The van der Waals surface area contributed by atoms with E-state index in [4.69, 9.17) is 9.47 Å². The lowest BCUT2D eigenvalue weighted by molar-refractivity contribution is -0.118. The Hall–Kier alpha value is -3.28. The minimum atomic E-state index is -0.276. The van der Waals surface area contributed by atoms with Crippen molar-refractivity contribution < 1.29 is 19.1 Å². The molecule has 0 heterocycles. The van der Waals surface area contributed by atoms with Crippen LogP contribution in [0.3, 0.4) is 0 Å². The SMILES string of the molecule is COc1cccc(NC(=O)COc2ccc(C(=O)NCCC3=CCCCC3)cc2)c1. The van der Waals surface area contributed by atoms with Crippen LogP contribution < -0.4 is 20.1 Å².